The van der Waals surface area contributed by atoms with E-state index in [2.05, 4.69) is 10.5 Å². The van der Waals surface area contributed by atoms with Gasteiger partial charge in [0.25, 0.3) is 0 Å². The van der Waals surface area contributed by atoms with Gasteiger partial charge in [0.05, 0.1) is 17.7 Å². The van der Waals surface area contributed by atoms with Gasteiger partial charge in [0.2, 0.25) is 5.91 Å². The number of nitrogens with zero attached hydrogens (tertiary/aromatic N) is 1. The number of hydrogen-bond donors (Lipinski definition) is 2. The van der Waals surface area contributed by atoms with Crippen LogP contribution in [0.5, 0.6) is 5.75 Å². The molecule has 0 bridgehead atoms. The first-order valence-corrected chi connectivity index (χ1v) is 9.81. The molecule has 2 N–H and O–H groups in total. The third kappa shape index (κ3) is 4.44. The summed E-state index contributed by atoms with van der Waals surface area (Å²) in [7, 11) is 0. The average Bonchev–Trinajstić information content (AvgIpc) is 3.22. The minimum atomic E-state index is -1.14. The average molecular weight is 390 g/mol. The summed E-state index contributed by atoms with van der Waals surface area (Å²) in [5.41, 5.74) is 1.38. The molecule has 1 aromatic carbocycles. The normalized spacial score (nSPS) is 19.0. The van der Waals surface area contributed by atoms with Crippen molar-refractivity contribution in [1.29, 1.82) is 0 Å². The summed E-state index contributed by atoms with van der Waals surface area (Å²) >= 11 is 1.54. The molecule has 1 aliphatic rings. The van der Waals surface area contributed by atoms with Crippen molar-refractivity contribution in [2.75, 3.05) is 11.5 Å². The van der Waals surface area contributed by atoms with E-state index in [0.29, 0.717) is 24.5 Å². The molecule has 27 heavy (non-hydrogen) atoms. The molecule has 144 valence electrons. The van der Waals surface area contributed by atoms with Crippen molar-refractivity contribution in [3.8, 4) is 5.75 Å². The summed E-state index contributed by atoms with van der Waals surface area (Å²) in [6, 6.07) is 7.19. The highest BCUT2D eigenvalue weighted by Crippen LogP contribution is 2.28. The number of ether oxygens (including phenoxy) is 1. The molecule has 0 aliphatic carbocycles. The molecule has 7 nitrogen and oxygen atoms in total. The van der Waals surface area contributed by atoms with Crippen LogP contribution in [0.15, 0.2) is 28.8 Å². The minimum Gasteiger partial charge on any atom is -0.489 e. The van der Waals surface area contributed by atoms with Crippen LogP contribution in [0.1, 0.15) is 29.0 Å². The molecule has 1 fully saturated rings. The monoisotopic (exact) mass is 390 g/mol. The molecule has 0 spiro atoms. The molecule has 2 heterocycles. The van der Waals surface area contributed by atoms with E-state index in [0.717, 1.165) is 28.3 Å². The van der Waals surface area contributed by atoms with Gasteiger partial charge < -0.3 is 19.7 Å². The Kier molecular flexibility index (Phi) is 5.74. The van der Waals surface area contributed by atoms with Crippen LogP contribution in [0.3, 0.4) is 0 Å². The first-order chi connectivity index (χ1) is 12.9. The van der Waals surface area contributed by atoms with Crippen molar-refractivity contribution in [2.45, 2.75) is 38.8 Å². The first-order valence-electron chi connectivity index (χ1n) is 8.65. The van der Waals surface area contributed by atoms with Gasteiger partial charge >= 0.3 is 5.97 Å². The lowest BCUT2D eigenvalue weighted by Crippen LogP contribution is -2.55. The number of aromatic nitrogens is 1. The first kappa shape index (κ1) is 19.3. The number of aryl methyl sites for hydroxylation is 2. The number of amides is 1. The fourth-order valence-corrected chi connectivity index (χ4v) is 4.27. The van der Waals surface area contributed by atoms with Crippen LogP contribution in [-0.4, -0.2) is 39.2 Å². The zero-order chi connectivity index (χ0) is 19.4. The zero-order valence-corrected chi connectivity index (χ0v) is 16.1. The van der Waals surface area contributed by atoms with Gasteiger partial charge in [-0.15, -0.1) is 0 Å². The molecule has 8 heteroatoms. The summed E-state index contributed by atoms with van der Waals surface area (Å²) in [4.78, 5) is 23.8. The smallest absolute Gasteiger partial charge is 0.330 e. The number of hydrogen-bond acceptors (Lipinski definition) is 6. The number of carboxylic acid groups (broad SMARTS) is 1. The van der Waals surface area contributed by atoms with E-state index in [1.165, 1.54) is 0 Å². The molecule has 0 saturated carbocycles. The van der Waals surface area contributed by atoms with E-state index < -0.39 is 11.5 Å². The second-order valence-electron chi connectivity index (χ2n) is 6.65. The van der Waals surface area contributed by atoms with Crippen LogP contribution in [0.25, 0.3) is 0 Å². The van der Waals surface area contributed by atoms with E-state index in [1.54, 1.807) is 36.0 Å². The van der Waals surface area contributed by atoms with Crippen molar-refractivity contribution in [2.24, 2.45) is 0 Å². The Morgan fingerprint density at radius 2 is 2.07 bits per heavy atom. The topological polar surface area (TPSA) is 102 Å². The van der Waals surface area contributed by atoms with Gasteiger partial charge in [-0.3, -0.25) is 4.79 Å². The maximum atomic E-state index is 12.3. The number of thioether (sulfide) groups is 1. The predicted octanol–water partition coefficient (Wildman–Crippen LogP) is 2.49. The summed E-state index contributed by atoms with van der Waals surface area (Å²) in [5.74, 6) is 1.30. The molecule has 1 amide bonds. The van der Waals surface area contributed by atoms with Crippen molar-refractivity contribution in [3.05, 3.63) is 46.8 Å². The maximum Gasteiger partial charge on any atom is 0.330 e. The molecular formula is C19H22N2O5S. The zero-order valence-electron chi connectivity index (χ0n) is 15.3. The van der Waals surface area contributed by atoms with E-state index >= 15 is 0 Å². The molecule has 1 saturated heterocycles. The number of nitrogens with one attached hydrogen (secondary N) is 1. The van der Waals surface area contributed by atoms with E-state index in [-0.39, 0.29) is 12.3 Å². The molecule has 1 unspecified atom stereocenters. The van der Waals surface area contributed by atoms with Crippen molar-refractivity contribution in [3.63, 3.8) is 0 Å². The van der Waals surface area contributed by atoms with E-state index in [9.17, 15) is 14.7 Å². The lowest BCUT2D eigenvalue weighted by Gasteiger charge is -2.24. The lowest BCUT2D eigenvalue weighted by molar-refractivity contribution is -0.146. The Labute approximate surface area is 161 Å². The number of carbonyl (C=O) groups excluding carboxylic acids is 1. The Balaban J connectivity index is 1.56. The van der Waals surface area contributed by atoms with Crippen molar-refractivity contribution >= 4 is 23.6 Å². The Bertz CT molecular complexity index is 806. The van der Waals surface area contributed by atoms with E-state index in [1.807, 2.05) is 13.8 Å². The standard InChI is InChI=1S/C19H22N2O5S/c1-12-16(13(2)26-21-12)10-25-15-5-3-14(4-6-15)9-17(22)20-19(18(23)24)7-8-27-11-19/h3-6H,7-11H2,1-2H3,(H,20,22)(H,23,24). The Morgan fingerprint density at radius 1 is 1.33 bits per heavy atom. The fourth-order valence-electron chi connectivity index (χ4n) is 2.95. The highest BCUT2D eigenvalue weighted by Gasteiger charge is 2.43. The van der Waals surface area contributed by atoms with Gasteiger partial charge in [0.15, 0.2) is 0 Å². The maximum absolute atomic E-state index is 12.3. The van der Waals surface area contributed by atoms with Gasteiger partial charge in [-0.05, 0) is 43.7 Å². The number of aliphatic carboxylic acids is 1. The van der Waals surface area contributed by atoms with Gasteiger partial charge in [0.1, 0.15) is 23.7 Å². The van der Waals surface area contributed by atoms with Crippen LogP contribution >= 0.6 is 11.8 Å². The summed E-state index contributed by atoms with van der Waals surface area (Å²) in [6.07, 6.45) is 0.580. The second kappa shape index (κ2) is 8.04. The fraction of sp³-hybridized carbons (Fsp3) is 0.421. The molecule has 1 aliphatic heterocycles. The molecule has 1 aromatic heterocycles. The highest BCUT2D eigenvalue weighted by atomic mass is 32.2. The number of benzene rings is 1. The van der Waals surface area contributed by atoms with E-state index in [4.69, 9.17) is 9.26 Å². The Morgan fingerprint density at radius 3 is 2.63 bits per heavy atom. The largest absolute Gasteiger partial charge is 0.489 e. The Hall–Kier alpha value is -2.48. The summed E-state index contributed by atoms with van der Waals surface area (Å²) in [5, 5.41) is 16.0. The lowest BCUT2D eigenvalue weighted by atomic mass is 9.98. The van der Waals surface area contributed by atoms with Gasteiger partial charge in [0, 0.05) is 5.75 Å². The van der Waals surface area contributed by atoms with Gasteiger partial charge in [-0.25, -0.2) is 4.79 Å². The predicted molar refractivity (Wildman–Crippen MR) is 101 cm³/mol. The number of rotatable bonds is 7. The van der Waals surface area contributed by atoms with Crippen molar-refractivity contribution in [1.82, 2.24) is 10.5 Å². The summed E-state index contributed by atoms with van der Waals surface area (Å²) in [6.45, 7) is 4.07. The quantitative estimate of drug-likeness (QED) is 0.749. The van der Waals surface area contributed by atoms with Crippen LogP contribution < -0.4 is 10.1 Å². The van der Waals surface area contributed by atoms with Crippen molar-refractivity contribution < 1.29 is 24.0 Å². The van der Waals surface area contributed by atoms with Crippen LogP contribution in [0.4, 0.5) is 0 Å². The number of carboxylic acids is 1. The highest BCUT2D eigenvalue weighted by molar-refractivity contribution is 7.99. The third-order valence-corrected chi connectivity index (χ3v) is 5.85. The summed E-state index contributed by atoms with van der Waals surface area (Å²) < 4.78 is 10.9. The van der Waals surface area contributed by atoms with Gasteiger partial charge in [-0.1, -0.05) is 17.3 Å². The van der Waals surface area contributed by atoms with Crippen LogP contribution in [0, 0.1) is 13.8 Å². The van der Waals surface area contributed by atoms with Gasteiger partial charge in [-0.2, -0.15) is 11.8 Å². The number of carbonyl (C=O) groups is 2. The molecule has 0 radical (unpaired) electrons. The van der Waals surface area contributed by atoms with Crippen LogP contribution in [-0.2, 0) is 22.6 Å². The molecule has 3 rings (SSSR count). The second-order valence-corrected chi connectivity index (χ2v) is 7.76. The third-order valence-electron chi connectivity index (χ3n) is 4.66. The molecule has 1 atom stereocenters. The minimum absolute atomic E-state index is 0.129. The SMILES string of the molecule is Cc1noc(C)c1COc1ccc(CC(=O)NC2(C(=O)O)CCSC2)cc1. The van der Waals surface area contributed by atoms with Crippen LogP contribution in [0.2, 0.25) is 0 Å². The molecule has 2 aromatic rings. The molecular weight excluding hydrogens is 368 g/mol.